The average molecular weight is 336 g/mol. The second kappa shape index (κ2) is 5.02. The van der Waals surface area contributed by atoms with Crippen LogP contribution in [-0.4, -0.2) is 4.57 Å². The Bertz CT molecular complexity index is 735. The van der Waals surface area contributed by atoms with E-state index in [-0.39, 0.29) is 12.1 Å². The van der Waals surface area contributed by atoms with Gasteiger partial charge in [-0.15, -0.1) is 0 Å². The molecule has 0 atom stereocenters. The van der Waals surface area contributed by atoms with Crippen molar-refractivity contribution in [2.45, 2.75) is 12.5 Å². The molecule has 4 heteroatoms. The first-order chi connectivity index (χ1) is 9.56. The van der Waals surface area contributed by atoms with Crippen molar-refractivity contribution >= 4 is 26.8 Å². The second-order valence-corrected chi connectivity index (χ2v) is 5.63. The van der Waals surface area contributed by atoms with Gasteiger partial charge in [0.1, 0.15) is 0 Å². The van der Waals surface area contributed by atoms with Crippen molar-refractivity contribution in [2.24, 2.45) is 0 Å². The lowest BCUT2D eigenvalue weighted by Crippen LogP contribution is -2.20. The first-order valence-corrected chi connectivity index (χ1v) is 7.03. The minimum Gasteiger partial charge on any atom is -0.341 e. The molecule has 0 spiro atoms. The summed E-state index contributed by atoms with van der Waals surface area (Å²) in [5.41, 5.74) is 0.840. The van der Waals surface area contributed by atoms with E-state index in [1.807, 2.05) is 24.3 Å². The molecule has 0 fully saturated rings. The molecule has 0 radical (unpaired) electrons. The fraction of sp³-hybridized carbons (Fsp3) is 0.125. The maximum atomic E-state index is 14.3. The van der Waals surface area contributed by atoms with E-state index >= 15 is 0 Å². The summed E-state index contributed by atoms with van der Waals surface area (Å²) in [5, 5.41) is 0.956. The van der Waals surface area contributed by atoms with E-state index < -0.39 is 5.92 Å². The van der Waals surface area contributed by atoms with E-state index in [2.05, 4.69) is 15.9 Å². The zero-order valence-electron chi connectivity index (χ0n) is 10.6. The lowest BCUT2D eigenvalue weighted by atomic mass is 10.1. The number of alkyl halides is 2. The Balaban J connectivity index is 1.99. The molecule has 0 amide bonds. The highest BCUT2D eigenvalue weighted by Gasteiger charge is 2.32. The third-order valence-corrected chi connectivity index (χ3v) is 3.79. The lowest BCUT2D eigenvalue weighted by Gasteiger charge is -2.18. The topological polar surface area (TPSA) is 4.93 Å². The quantitative estimate of drug-likeness (QED) is 0.620. The molecule has 0 unspecified atom stereocenters. The van der Waals surface area contributed by atoms with Gasteiger partial charge in [-0.3, -0.25) is 0 Å². The number of rotatable bonds is 3. The van der Waals surface area contributed by atoms with Crippen LogP contribution in [0.3, 0.4) is 0 Å². The number of halogens is 3. The van der Waals surface area contributed by atoms with Crippen LogP contribution in [0.4, 0.5) is 8.78 Å². The molecule has 3 rings (SSSR count). The summed E-state index contributed by atoms with van der Waals surface area (Å²) in [6.07, 6.45) is 1.70. The van der Waals surface area contributed by atoms with Gasteiger partial charge in [-0.05, 0) is 23.6 Å². The Morgan fingerprint density at radius 1 is 1.00 bits per heavy atom. The highest BCUT2D eigenvalue weighted by atomic mass is 79.9. The minimum absolute atomic E-state index is 0.0387. The third-order valence-electron chi connectivity index (χ3n) is 3.30. The van der Waals surface area contributed by atoms with E-state index in [0.717, 1.165) is 15.4 Å². The monoisotopic (exact) mass is 335 g/mol. The van der Waals surface area contributed by atoms with Crippen molar-refractivity contribution in [3.63, 3.8) is 0 Å². The van der Waals surface area contributed by atoms with Crippen LogP contribution in [0.1, 0.15) is 5.56 Å². The summed E-state index contributed by atoms with van der Waals surface area (Å²) in [6, 6.07) is 15.4. The van der Waals surface area contributed by atoms with Crippen LogP contribution in [0.15, 0.2) is 65.3 Å². The van der Waals surface area contributed by atoms with Crippen molar-refractivity contribution in [3.8, 4) is 0 Å². The molecular formula is C16H12BrF2N. The van der Waals surface area contributed by atoms with Crippen molar-refractivity contribution in [1.82, 2.24) is 4.57 Å². The van der Waals surface area contributed by atoms with Gasteiger partial charge in [-0.25, -0.2) is 0 Å². The molecule has 1 aromatic heterocycles. The highest BCUT2D eigenvalue weighted by Crippen LogP contribution is 2.31. The number of benzene rings is 2. The van der Waals surface area contributed by atoms with Crippen LogP contribution in [0.5, 0.6) is 0 Å². The van der Waals surface area contributed by atoms with Crippen LogP contribution < -0.4 is 0 Å². The molecule has 3 aromatic rings. The van der Waals surface area contributed by atoms with Crippen molar-refractivity contribution in [3.05, 3.63) is 70.8 Å². The largest absolute Gasteiger partial charge is 0.341 e. The third kappa shape index (κ3) is 2.48. The number of hydrogen-bond acceptors (Lipinski definition) is 0. The molecule has 0 N–H and O–H groups in total. The number of aromatic nitrogens is 1. The Morgan fingerprint density at radius 2 is 1.75 bits per heavy atom. The Morgan fingerprint density at radius 3 is 2.50 bits per heavy atom. The van der Waals surface area contributed by atoms with E-state index in [0.29, 0.717) is 0 Å². The summed E-state index contributed by atoms with van der Waals surface area (Å²) >= 11 is 3.37. The van der Waals surface area contributed by atoms with E-state index in [9.17, 15) is 8.78 Å². The normalized spacial score (nSPS) is 11.9. The molecular weight excluding hydrogens is 324 g/mol. The fourth-order valence-electron chi connectivity index (χ4n) is 2.28. The highest BCUT2D eigenvalue weighted by molar-refractivity contribution is 9.10. The molecule has 0 saturated carbocycles. The SMILES string of the molecule is FC(F)(Cn1ccc2ccc(Br)cc21)c1ccccc1. The van der Waals surface area contributed by atoms with E-state index in [1.54, 1.807) is 29.0 Å². The molecule has 0 saturated heterocycles. The summed E-state index contributed by atoms with van der Waals surface area (Å²) in [5.74, 6) is -2.89. The first kappa shape index (κ1) is 13.3. The van der Waals surface area contributed by atoms with Gasteiger partial charge >= 0.3 is 0 Å². The number of nitrogens with zero attached hydrogens (tertiary/aromatic N) is 1. The Kier molecular flexibility index (Phi) is 3.34. The second-order valence-electron chi connectivity index (χ2n) is 4.72. The number of fused-ring (bicyclic) bond motifs is 1. The van der Waals surface area contributed by atoms with Crippen LogP contribution in [0.25, 0.3) is 10.9 Å². The van der Waals surface area contributed by atoms with Gasteiger partial charge in [0.05, 0.1) is 6.54 Å². The van der Waals surface area contributed by atoms with Gasteiger partial charge in [0.25, 0.3) is 5.92 Å². The lowest BCUT2D eigenvalue weighted by molar-refractivity contribution is -0.0211. The molecule has 0 bridgehead atoms. The maximum absolute atomic E-state index is 14.3. The van der Waals surface area contributed by atoms with Crippen LogP contribution in [0, 0.1) is 0 Å². The predicted molar refractivity (Wildman–Crippen MR) is 80.0 cm³/mol. The van der Waals surface area contributed by atoms with Crippen LogP contribution >= 0.6 is 15.9 Å². The van der Waals surface area contributed by atoms with Gasteiger partial charge in [0.15, 0.2) is 0 Å². The molecule has 2 aromatic carbocycles. The van der Waals surface area contributed by atoms with E-state index in [4.69, 9.17) is 0 Å². The van der Waals surface area contributed by atoms with Gasteiger partial charge in [0, 0.05) is 21.7 Å². The zero-order chi connectivity index (χ0) is 14.2. The Hall–Kier alpha value is -1.68. The van der Waals surface area contributed by atoms with Gasteiger partial charge in [-0.1, -0.05) is 52.3 Å². The van der Waals surface area contributed by atoms with Crippen LogP contribution in [-0.2, 0) is 12.5 Å². The molecule has 0 aliphatic heterocycles. The van der Waals surface area contributed by atoms with Crippen LogP contribution in [0.2, 0.25) is 0 Å². The summed E-state index contributed by atoms with van der Waals surface area (Å²) < 4.78 is 31.1. The first-order valence-electron chi connectivity index (χ1n) is 6.24. The molecule has 0 aliphatic carbocycles. The van der Waals surface area contributed by atoms with Gasteiger partial charge < -0.3 is 4.57 Å². The standard InChI is InChI=1S/C16H12BrF2N/c17-14-7-6-12-8-9-20(15(12)10-14)11-16(18,19)13-4-2-1-3-5-13/h1-10H,11H2. The van der Waals surface area contributed by atoms with Gasteiger partial charge in [-0.2, -0.15) is 8.78 Å². The van der Waals surface area contributed by atoms with Crippen molar-refractivity contribution in [2.75, 3.05) is 0 Å². The summed E-state index contributed by atoms with van der Waals surface area (Å²) in [4.78, 5) is 0. The smallest absolute Gasteiger partial charge is 0.290 e. The molecule has 102 valence electrons. The molecule has 1 heterocycles. The molecule has 0 aliphatic rings. The fourth-order valence-corrected chi connectivity index (χ4v) is 2.63. The Labute approximate surface area is 124 Å². The predicted octanol–water partition coefficient (Wildman–Crippen LogP) is 5.20. The molecule has 20 heavy (non-hydrogen) atoms. The zero-order valence-corrected chi connectivity index (χ0v) is 12.1. The van der Waals surface area contributed by atoms with Crippen molar-refractivity contribution < 1.29 is 8.78 Å². The van der Waals surface area contributed by atoms with Crippen molar-refractivity contribution in [1.29, 1.82) is 0 Å². The summed E-state index contributed by atoms with van der Waals surface area (Å²) in [7, 11) is 0. The maximum Gasteiger partial charge on any atom is 0.290 e. The average Bonchev–Trinajstić information content (AvgIpc) is 2.82. The summed E-state index contributed by atoms with van der Waals surface area (Å²) in [6.45, 7) is -0.364. The minimum atomic E-state index is -2.89. The molecule has 1 nitrogen and oxygen atoms in total. The van der Waals surface area contributed by atoms with Gasteiger partial charge in [0.2, 0.25) is 0 Å². The van der Waals surface area contributed by atoms with E-state index in [1.165, 1.54) is 12.1 Å². The number of hydrogen-bond donors (Lipinski definition) is 0.